The van der Waals surface area contributed by atoms with Crippen molar-refractivity contribution in [1.82, 2.24) is 9.97 Å². The summed E-state index contributed by atoms with van der Waals surface area (Å²) in [5.41, 5.74) is -0.232. The van der Waals surface area contributed by atoms with Crippen molar-refractivity contribution in [2.24, 2.45) is 0 Å². The Bertz CT molecular complexity index is 894. The van der Waals surface area contributed by atoms with Gasteiger partial charge in [0.15, 0.2) is 17.3 Å². The minimum absolute atomic E-state index is 0.0493. The number of nitrogens with zero attached hydrogens (tertiary/aromatic N) is 2. The molecule has 0 spiro atoms. The number of nitrogens with one attached hydrogen (secondary N) is 1. The van der Waals surface area contributed by atoms with Crippen LogP contribution in [-0.2, 0) is 0 Å². The molecule has 0 amide bonds. The third-order valence-corrected chi connectivity index (χ3v) is 3.68. The van der Waals surface area contributed by atoms with Gasteiger partial charge in [-0.1, -0.05) is 13.0 Å². The number of hydrogen-bond donors (Lipinski definition) is 1. The topological polar surface area (TPSA) is 75.3 Å². The van der Waals surface area contributed by atoms with E-state index in [1.54, 1.807) is 21.0 Å². The smallest absolute Gasteiger partial charge is 0.403 e. The highest BCUT2D eigenvalue weighted by Crippen LogP contribution is 2.29. The lowest BCUT2D eigenvalue weighted by Crippen LogP contribution is -2.21. The Morgan fingerprint density at radius 3 is 2.52 bits per heavy atom. The van der Waals surface area contributed by atoms with Gasteiger partial charge in [-0.15, -0.1) is 13.2 Å². The van der Waals surface area contributed by atoms with Crippen LogP contribution >= 0.6 is 0 Å². The van der Waals surface area contributed by atoms with Crippen molar-refractivity contribution in [3.05, 3.63) is 51.7 Å². The lowest BCUT2D eigenvalue weighted by Gasteiger charge is -2.15. The van der Waals surface area contributed by atoms with E-state index in [1.165, 1.54) is 11.0 Å². The Morgan fingerprint density at radius 2 is 1.96 bits per heavy atom. The van der Waals surface area contributed by atoms with Gasteiger partial charge in [0.05, 0.1) is 0 Å². The molecule has 10 heteroatoms. The fourth-order valence-electron chi connectivity index (χ4n) is 2.33. The zero-order valence-corrected chi connectivity index (χ0v) is 14.7. The number of carbonyl (C=O) groups excluding carboxylic acids is 1. The van der Waals surface area contributed by atoms with Crippen LogP contribution in [0.5, 0.6) is 5.75 Å². The van der Waals surface area contributed by atoms with E-state index in [0.717, 1.165) is 18.2 Å². The second kappa shape index (κ2) is 7.77. The van der Waals surface area contributed by atoms with E-state index in [0.29, 0.717) is 5.56 Å². The number of alkyl halides is 3. The number of ketones is 1. The van der Waals surface area contributed by atoms with Gasteiger partial charge in [-0.2, -0.15) is 0 Å². The van der Waals surface area contributed by atoms with E-state index in [1.807, 2.05) is 0 Å². The number of ether oxygens (including phenoxy) is 1. The summed E-state index contributed by atoms with van der Waals surface area (Å²) in [6, 6.07) is 4.05. The quantitative estimate of drug-likeness (QED) is 0.608. The Labute approximate surface area is 151 Å². The summed E-state index contributed by atoms with van der Waals surface area (Å²) < 4.78 is 54.0. The fourth-order valence-corrected chi connectivity index (χ4v) is 2.33. The number of Topliss-reactive ketones (excluding diaryl/α,β-unsaturated/α-hetero) is 1. The summed E-state index contributed by atoms with van der Waals surface area (Å²) in [6.07, 6.45) is -5.11. The zero-order chi connectivity index (χ0) is 20.4. The van der Waals surface area contributed by atoms with Crippen LogP contribution in [-0.4, -0.2) is 36.2 Å². The summed E-state index contributed by atoms with van der Waals surface area (Å²) in [7, 11) is 3.28. The largest absolute Gasteiger partial charge is 0.573 e. The summed E-state index contributed by atoms with van der Waals surface area (Å²) in [5.74, 6) is -2.90. The van der Waals surface area contributed by atoms with Crippen LogP contribution in [0.3, 0.4) is 0 Å². The van der Waals surface area contributed by atoms with Crippen molar-refractivity contribution in [2.75, 3.05) is 19.0 Å². The molecular formula is C17H17F4N3O3. The van der Waals surface area contributed by atoms with Crippen molar-refractivity contribution in [2.45, 2.75) is 25.6 Å². The first-order valence-corrected chi connectivity index (χ1v) is 7.83. The molecule has 6 nitrogen and oxygen atoms in total. The van der Waals surface area contributed by atoms with Gasteiger partial charge in [-0.25, -0.2) is 9.37 Å². The monoisotopic (exact) mass is 387 g/mol. The van der Waals surface area contributed by atoms with Gasteiger partial charge in [0.25, 0.3) is 5.56 Å². The molecule has 0 bridgehead atoms. The van der Waals surface area contributed by atoms with Crippen LogP contribution in [0, 0.1) is 5.82 Å². The molecule has 1 atom stereocenters. The molecule has 2 rings (SSSR count). The highest BCUT2D eigenvalue weighted by atomic mass is 19.4. The second-order valence-electron chi connectivity index (χ2n) is 6.11. The van der Waals surface area contributed by atoms with Gasteiger partial charge in [0.2, 0.25) is 5.95 Å². The molecule has 1 heterocycles. The van der Waals surface area contributed by atoms with E-state index >= 15 is 0 Å². The molecule has 0 radical (unpaired) electrons. The average molecular weight is 387 g/mol. The van der Waals surface area contributed by atoms with E-state index in [2.05, 4.69) is 14.7 Å². The number of anilines is 1. The maximum atomic E-state index is 13.8. The molecule has 27 heavy (non-hydrogen) atoms. The van der Waals surface area contributed by atoms with Crippen LogP contribution in [0.1, 0.15) is 35.3 Å². The first-order valence-electron chi connectivity index (χ1n) is 7.83. The van der Waals surface area contributed by atoms with E-state index < -0.39 is 35.2 Å². The molecule has 0 aliphatic rings. The lowest BCUT2D eigenvalue weighted by atomic mass is 9.94. The Morgan fingerprint density at radius 1 is 1.30 bits per heavy atom. The summed E-state index contributed by atoms with van der Waals surface area (Å²) in [6.45, 7) is 1.61. The van der Waals surface area contributed by atoms with Crippen LogP contribution < -0.4 is 15.2 Å². The summed E-state index contributed by atoms with van der Waals surface area (Å²) in [4.78, 5) is 32.1. The molecule has 1 aromatic heterocycles. The number of halogens is 4. The number of benzene rings is 1. The molecule has 0 aliphatic carbocycles. The average Bonchev–Trinajstić information content (AvgIpc) is 2.54. The Kier molecular flexibility index (Phi) is 5.87. The van der Waals surface area contributed by atoms with Crippen molar-refractivity contribution in [3.8, 4) is 5.75 Å². The molecule has 0 unspecified atom stereocenters. The molecule has 0 saturated heterocycles. The highest BCUT2D eigenvalue weighted by molar-refractivity contribution is 5.94. The van der Waals surface area contributed by atoms with Gasteiger partial charge in [0, 0.05) is 26.6 Å². The van der Waals surface area contributed by atoms with E-state index in [-0.39, 0.29) is 18.1 Å². The molecule has 0 aliphatic heterocycles. The predicted molar refractivity (Wildman–Crippen MR) is 89.6 cm³/mol. The molecule has 0 saturated carbocycles. The van der Waals surface area contributed by atoms with E-state index in [4.69, 9.17) is 0 Å². The minimum Gasteiger partial charge on any atom is -0.403 e. The minimum atomic E-state index is -5.00. The van der Waals surface area contributed by atoms with Crippen molar-refractivity contribution < 1.29 is 27.1 Å². The Balaban J connectivity index is 2.17. The molecule has 1 N–H and O–H groups in total. The van der Waals surface area contributed by atoms with Crippen molar-refractivity contribution in [1.29, 1.82) is 0 Å². The van der Waals surface area contributed by atoms with Gasteiger partial charge < -0.3 is 9.64 Å². The fraction of sp³-hybridized carbons (Fsp3) is 0.353. The molecule has 146 valence electrons. The lowest BCUT2D eigenvalue weighted by molar-refractivity contribution is -0.275. The van der Waals surface area contributed by atoms with Crippen LogP contribution in [0.15, 0.2) is 29.1 Å². The number of rotatable bonds is 6. The van der Waals surface area contributed by atoms with Gasteiger partial charge >= 0.3 is 6.36 Å². The highest BCUT2D eigenvalue weighted by Gasteiger charge is 2.32. The van der Waals surface area contributed by atoms with Crippen LogP contribution in [0.4, 0.5) is 23.5 Å². The van der Waals surface area contributed by atoms with Crippen molar-refractivity contribution >= 4 is 11.7 Å². The zero-order valence-electron chi connectivity index (χ0n) is 14.7. The first kappa shape index (κ1) is 20.4. The SMILES string of the molecule is C[C@@H](CC(=O)c1cc(=O)[nH]c(N(C)C)n1)c1ccc(OC(F)(F)F)c(F)c1. The van der Waals surface area contributed by atoms with Gasteiger partial charge in [-0.3, -0.25) is 14.6 Å². The number of aromatic amines is 1. The molecule has 2 aromatic rings. The van der Waals surface area contributed by atoms with Gasteiger partial charge in [-0.05, 0) is 23.6 Å². The van der Waals surface area contributed by atoms with E-state index in [9.17, 15) is 27.2 Å². The number of carbonyl (C=O) groups is 1. The maximum absolute atomic E-state index is 13.8. The number of hydrogen-bond acceptors (Lipinski definition) is 5. The standard InChI is InChI=1S/C17H17F4N3O3/c1-9(10-4-5-14(11(18)7-10)27-17(19,20)21)6-13(25)12-8-15(26)23-16(22-12)24(2)3/h4-5,7-9H,6H2,1-3H3,(H,22,23,26)/t9-/m0/s1. The molecule has 1 aromatic carbocycles. The summed E-state index contributed by atoms with van der Waals surface area (Å²) in [5, 5.41) is 0. The predicted octanol–water partition coefficient (Wildman–Crippen LogP) is 3.25. The normalized spacial score (nSPS) is 12.6. The maximum Gasteiger partial charge on any atom is 0.573 e. The summed E-state index contributed by atoms with van der Waals surface area (Å²) >= 11 is 0. The third kappa shape index (κ3) is 5.53. The Hall–Kier alpha value is -2.91. The molecular weight excluding hydrogens is 370 g/mol. The first-order chi connectivity index (χ1) is 12.5. The molecule has 0 fully saturated rings. The van der Waals surface area contributed by atoms with Crippen LogP contribution in [0.2, 0.25) is 0 Å². The number of aromatic nitrogens is 2. The second-order valence-corrected chi connectivity index (χ2v) is 6.11. The van der Waals surface area contributed by atoms with Crippen LogP contribution in [0.25, 0.3) is 0 Å². The number of H-pyrrole nitrogens is 1. The van der Waals surface area contributed by atoms with Crippen molar-refractivity contribution in [3.63, 3.8) is 0 Å². The third-order valence-electron chi connectivity index (χ3n) is 3.68. The van der Waals surface area contributed by atoms with Gasteiger partial charge in [0.1, 0.15) is 5.69 Å².